The third kappa shape index (κ3) is 6.29. The molecule has 1 aliphatic heterocycles. The monoisotopic (exact) mass is 536 g/mol. The first-order chi connectivity index (χ1) is 19.5. The Kier molecular flexibility index (Phi) is 8.35. The van der Waals surface area contributed by atoms with Gasteiger partial charge in [0.1, 0.15) is 24.4 Å². The van der Waals surface area contributed by atoms with E-state index in [1.54, 1.807) is 36.4 Å². The number of nitrogens with zero attached hydrogens (tertiary/aromatic N) is 4. The van der Waals surface area contributed by atoms with Crippen LogP contribution in [0.4, 0.5) is 0 Å². The molecule has 2 heterocycles. The highest BCUT2D eigenvalue weighted by Gasteiger charge is 2.20. The Balaban J connectivity index is 1.45. The van der Waals surface area contributed by atoms with Crippen LogP contribution >= 0.6 is 0 Å². The predicted molar refractivity (Wildman–Crippen MR) is 152 cm³/mol. The van der Waals surface area contributed by atoms with E-state index in [0.29, 0.717) is 44.0 Å². The van der Waals surface area contributed by atoms with Crippen LogP contribution in [0.25, 0.3) is 11.1 Å². The van der Waals surface area contributed by atoms with Gasteiger partial charge in [0.25, 0.3) is 5.91 Å². The summed E-state index contributed by atoms with van der Waals surface area (Å²) in [5.74, 6) is 1.28. The second kappa shape index (κ2) is 12.4. The molecule has 0 saturated carbocycles. The maximum Gasteiger partial charge on any atom is 0.253 e. The molecule has 0 saturated heterocycles. The molecule has 0 spiro atoms. The van der Waals surface area contributed by atoms with E-state index < -0.39 is 0 Å². The number of hydrogen-bond acceptors (Lipinski definition) is 6. The number of carbonyl (C=O) groups excluding carboxylic acids is 2. The first-order valence-corrected chi connectivity index (χ1v) is 13.3. The molecule has 2 amide bonds. The molecule has 204 valence electrons. The lowest BCUT2D eigenvalue weighted by Crippen LogP contribution is -2.42. The van der Waals surface area contributed by atoms with Gasteiger partial charge >= 0.3 is 0 Å². The van der Waals surface area contributed by atoms with Crippen LogP contribution in [0.2, 0.25) is 0 Å². The lowest BCUT2D eigenvalue weighted by Gasteiger charge is -2.27. The van der Waals surface area contributed by atoms with Gasteiger partial charge in [-0.25, -0.2) is 9.97 Å². The van der Waals surface area contributed by atoms with E-state index >= 15 is 0 Å². The fraction of sp³-hybridized carbons (Fsp3) is 0.250. The van der Waals surface area contributed by atoms with Gasteiger partial charge in [-0.1, -0.05) is 36.4 Å². The number of likely N-dealkylation sites (N-methyl/N-ethyl adjacent to an activating group) is 1. The van der Waals surface area contributed by atoms with E-state index in [2.05, 4.69) is 16.0 Å². The van der Waals surface area contributed by atoms with E-state index in [9.17, 15) is 9.59 Å². The van der Waals surface area contributed by atoms with Crippen LogP contribution in [0.15, 0.2) is 85.5 Å². The molecule has 0 unspecified atom stereocenters. The largest absolute Gasteiger partial charge is 0.496 e. The highest BCUT2D eigenvalue weighted by molar-refractivity contribution is 5.94. The fourth-order valence-electron chi connectivity index (χ4n) is 4.86. The van der Waals surface area contributed by atoms with Gasteiger partial charge in [-0.15, -0.1) is 0 Å². The topological polar surface area (TPSA) is 84.9 Å². The van der Waals surface area contributed by atoms with Gasteiger partial charge < -0.3 is 19.3 Å². The maximum atomic E-state index is 13.5. The summed E-state index contributed by atoms with van der Waals surface area (Å²) in [4.78, 5) is 38.5. The molecule has 8 nitrogen and oxygen atoms in total. The average molecular weight is 537 g/mol. The number of rotatable bonds is 4. The Morgan fingerprint density at radius 1 is 0.925 bits per heavy atom. The van der Waals surface area contributed by atoms with Gasteiger partial charge in [-0.2, -0.15) is 0 Å². The van der Waals surface area contributed by atoms with Crippen molar-refractivity contribution in [3.05, 3.63) is 108 Å². The standard InChI is InChI=1S/C32H32N4O4/c1-35-12-13-36(31(37)19-25-7-3-4-9-29(25)39-2)14-15-40-30-11-10-24(28-20-33-22-34-21-28)18-27(30)17-23-6-5-8-26(16-23)32(35)38/h3-11,16,18,20-22H,12-15,17,19H2,1-2H3. The van der Waals surface area contributed by atoms with Gasteiger partial charge in [0.15, 0.2) is 0 Å². The molecular formula is C32H32N4O4. The lowest BCUT2D eigenvalue weighted by atomic mass is 9.98. The molecule has 40 heavy (non-hydrogen) atoms. The van der Waals surface area contributed by atoms with Crippen molar-refractivity contribution in [2.75, 3.05) is 40.4 Å². The Hall–Kier alpha value is -4.72. The normalized spacial score (nSPS) is 14.1. The highest BCUT2D eigenvalue weighted by Crippen LogP contribution is 2.29. The van der Waals surface area contributed by atoms with E-state index in [4.69, 9.17) is 9.47 Å². The van der Waals surface area contributed by atoms with Crippen LogP contribution in [0.5, 0.6) is 11.5 Å². The third-order valence-electron chi connectivity index (χ3n) is 7.08. The average Bonchev–Trinajstić information content (AvgIpc) is 2.99. The summed E-state index contributed by atoms with van der Waals surface area (Å²) in [6, 6.07) is 21.2. The summed E-state index contributed by atoms with van der Waals surface area (Å²) in [6.07, 6.45) is 5.84. The smallest absolute Gasteiger partial charge is 0.253 e. The van der Waals surface area contributed by atoms with Crippen LogP contribution in [0.1, 0.15) is 27.0 Å². The van der Waals surface area contributed by atoms with Crippen molar-refractivity contribution in [3.8, 4) is 22.6 Å². The van der Waals surface area contributed by atoms with Crippen LogP contribution in [0, 0.1) is 0 Å². The molecule has 0 radical (unpaired) electrons. The predicted octanol–water partition coefficient (Wildman–Crippen LogP) is 4.28. The number of fused-ring (bicyclic) bond motifs is 3. The number of carbonyl (C=O) groups is 2. The van der Waals surface area contributed by atoms with Crippen molar-refractivity contribution in [1.82, 2.24) is 19.8 Å². The van der Waals surface area contributed by atoms with Crippen molar-refractivity contribution in [2.24, 2.45) is 0 Å². The molecule has 0 atom stereocenters. The van der Waals surface area contributed by atoms with E-state index in [0.717, 1.165) is 33.6 Å². The van der Waals surface area contributed by atoms with Gasteiger partial charge in [0.05, 0.1) is 20.1 Å². The summed E-state index contributed by atoms with van der Waals surface area (Å²) < 4.78 is 11.7. The number of methoxy groups -OCH3 is 1. The highest BCUT2D eigenvalue weighted by atomic mass is 16.5. The molecule has 0 N–H and O–H groups in total. The second-order valence-electron chi connectivity index (χ2n) is 9.77. The Morgan fingerprint density at radius 3 is 2.58 bits per heavy atom. The van der Waals surface area contributed by atoms with E-state index in [1.165, 1.54) is 6.33 Å². The van der Waals surface area contributed by atoms with Gasteiger partial charge in [0.2, 0.25) is 5.91 Å². The molecule has 5 rings (SSSR count). The zero-order valence-corrected chi connectivity index (χ0v) is 22.7. The number of ether oxygens (including phenoxy) is 2. The van der Waals surface area contributed by atoms with E-state index in [1.807, 2.05) is 60.7 Å². The van der Waals surface area contributed by atoms with Crippen LogP contribution in [0.3, 0.4) is 0 Å². The second-order valence-corrected chi connectivity index (χ2v) is 9.77. The summed E-state index contributed by atoms with van der Waals surface area (Å²) in [5, 5.41) is 0. The Bertz CT molecular complexity index is 1490. The van der Waals surface area contributed by atoms with E-state index in [-0.39, 0.29) is 18.2 Å². The molecule has 1 aliphatic rings. The van der Waals surface area contributed by atoms with Gasteiger partial charge in [-0.3, -0.25) is 9.59 Å². The van der Waals surface area contributed by atoms with Crippen molar-refractivity contribution >= 4 is 11.8 Å². The molecule has 2 bridgehead atoms. The Morgan fingerprint density at radius 2 is 1.75 bits per heavy atom. The number of benzene rings is 3. The zero-order chi connectivity index (χ0) is 27.9. The molecule has 1 aromatic heterocycles. The number of hydrogen-bond donors (Lipinski definition) is 0. The van der Waals surface area contributed by atoms with Crippen molar-refractivity contribution in [1.29, 1.82) is 0 Å². The first-order valence-electron chi connectivity index (χ1n) is 13.3. The van der Waals surface area contributed by atoms with Crippen molar-refractivity contribution in [2.45, 2.75) is 12.8 Å². The third-order valence-corrected chi connectivity index (χ3v) is 7.08. The van der Waals surface area contributed by atoms with Crippen LogP contribution in [-0.4, -0.2) is 72.0 Å². The molecular weight excluding hydrogens is 504 g/mol. The minimum Gasteiger partial charge on any atom is -0.496 e. The summed E-state index contributed by atoms with van der Waals surface area (Å²) in [6.45, 7) is 1.49. The van der Waals surface area contributed by atoms with Crippen LogP contribution < -0.4 is 9.47 Å². The molecule has 0 aliphatic carbocycles. The van der Waals surface area contributed by atoms with Crippen LogP contribution in [-0.2, 0) is 17.6 Å². The Labute approximate surface area is 234 Å². The molecule has 0 fully saturated rings. The minimum atomic E-state index is -0.0808. The number of aromatic nitrogens is 2. The number of para-hydroxylation sites is 1. The molecule has 4 aromatic rings. The minimum absolute atomic E-state index is 0.0531. The fourth-order valence-corrected chi connectivity index (χ4v) is 4.86. The van der Waals surface area contributed by atoms with Gasteiger partial charge in [0, 0.05) is 55.6 Å². The van der Waals surface area contributed by atoms with Crippen molar-refractivity contribution in [3.63, 3.8) is 0 Å². The summed E-state index contributed by atoms with van der Waals surface area (Å²) in [7, 11) is 3.37. The summed E-state index contributed by atoms with van der Waals surface area (Å²) in [5.41, 5.74) is 5.30. The quantitative estimate of drug-likeness (QED) is 0.387. The van der Waals surface area contributed by atoms with Gasteiger partial charge in [-0.05, 0) is 47.0 Å². The summed E-state index contributed by atoms with van der Waals surface area (Å²) >= 11 is 0. The maximum absolute atomic E-state index is 13.5. The van der Waals surface area contributed by atoms with Crippen molar-refractivity contribution < 1.29 is 19.1 Å². The molecule has 3 aromatic carbocycles. The number of amides is 2. The molecule has 8 heteroatoms. The lowest BCUT2D eigenvalue weighted by molar-refractivity contribution is -0.131. The SMILES string of the molecule is COc1ccccc1CC(=O)N1CCOc2ccc(-c3cncnc3)cc2Cc2cccc(c2)C(=O)N(C)CC1. The zero-order valence-electron chi connectivity index (χ0n) is 22.7. The first kappa shape index (κ1) is 26.9.